The van der Waals surface area contributed by atoms with Gasteiger partial charge in [-0.1, -0.05) is 0 Å². The molecule has 11 nitrogen and oxygen atoms in total. The number of likely N-dealkylation sites (N-methyl/N-ethyl adjacent to an activating group) is 1. The van der Waals surface area contributed by atoms with Gasteiger partial charge in [0, 0.05) is 52.5 Å². The number of benzene rings is 1. The van der Waals surface area contributed by atoms with Crippen molar-refractivity contribution in [2.75, 3.05) is 80.8 Å². The third-order valence-electron chi connectivity index (χ3n) is 5.25. The second-order valence-electron chi connectivity index (χ2n) is 7.67. The third kappa shape index (κ3) is 7.56. The molecule has 2 amide bonds. The van der Waals surface area contributed by atoms with Gasteiger partial charge in [0.2, 0.25) is 21.8 Å². The monoisotopic (exact) mass is 486 g/mol. The summed E-state index contributed by atoms with van der Waals surface area (Å²) in [6, 6.07) is 4.61. The second-order valence-corrected chi connectivity index (χ2v) is 9.58. The molecule has 2 rings (SSSR count). The number of hydrogen-bond donors (Lipinski definition) is 1. The molecule has 186 valence electrons. The van der Waals surface area contributed by atoms with Crippen molar-refractivity contribution in [3.05, 3.63) is 18.2 Å². The van der Waals surface area contributed by atoms with Crippen LogP contribution in [0, 0.1) is 0 Å². The lowest BCUT2D eigenvalue weighted by Gasteiger charge is -2.35. The fourth-order valence-electron chi connectivity index (χ4n) is 3.43. The van der Waals surface area contributed by atoms with E-state index in [0.29, 0.717) is 18.9 Å². The average molecular weight is 487 g/mol. The molecule has 12 heteroatoms. The number of carbonyl (C=O) groups is 2. The van der Waals surface area contributed by atoms with E-state index in [1.807, 2.05) is 0 Å². The summed E-state index contributed by atoms with van der Waals surface area (Å²) in [5, 5.41) is 2.78. The Morgan fingerprint density at radius 1 is 1.06 bits per heavy atom. The molecule has 0 atom stereocenters. The van der Waals surface area contributed by atoms with Gasteiger partial charge < -0.3 is 24.4 Å². The van der Waals surface area contributed by atoms with Crippen LogP contribution >= 0.6 is 0 Å². The van der Waals surface area contributed by atoms with Crippen LogP contribution in [0.15, 0.2) is 23.1 Å². The first-order chi connectivity index (χ1) is 15.7. The van der Waals surface area contributed by atoms with Gasteiger partial charge in [0.15, 0.2) is 0 Å². The zero-order valence-corrected chi connectivity index (χ0v) is 20.5. The molecule has 1 aliphatic heterocycles. The molecular weight excluding hydrogens is 452 g/mol. The van der Waals surface area contributed by atoms with Gasteiger partial charge in [-0.05, 0) is 25.6 Å². The summed E-state index contributed by atoms with van der Waals surface area (Å²) >= 11 is 0. The van der Waals surface area contributed by atoms with E-state index in [-0.39, 0.29) is 61.7 Å². The van der Waals surface area contributed by atoms with Crippen LogP contribution < -0.4 is 14.8 Å². The topological polar surface area (TPSA) is 118 Å². The number of carbonyl (C=O) groups excluding carboxylic acids is 2. The van der Waals surface area contributed by atoms with Crippen molar-refractivity contribution in [3.63, 3.8) is 0 Å². The number of rotatable bonds is 12. The molecule has 33 heavy (non-hydrogen) atoms. The lowest BCUT2D eigenvalue weighted by atomic mass is 10.3. The van der Waals surface area contributed by atoms with E-state index in [4.69, 9.17) is 14.2 Å². The molecule has 1 aromatic carbocycles. The SMILES string of the molecule is COCCCNC(=O)CN(C)CC(=O)N1CCN(S(=O)(=O)c2cc(OC)ccc2OC)CC1. The van der Waals surface area contributed by atoms with E-state index < -0.39 is 10.0 Å². The van der Waals surface area contributed by atoms with Gasteiger partial charge in [-0.3, -0.25) is 14.5 Å². The Bertz CT molecular complexity index is 902. The third-order valence-corrected chi connectivity index (χ3v) is 7.17. The van der Waals surface area contributed by atoms with Crippen molar-refractivity contribution in [3.8, 4) is 11.5 Å². The smallest absolute Gasteiger partial charge is 0.247 e. The fraction of sp³-hybridized carbons (Fsp3) is 0.619. The van der Waals surface area contributed by atoms with Crippen molar-refractivity contribution in [2.24, 2.45) is 0 Å². The lowest BCUT2D eigenvalue weighted by molar-refractivity contribution is -0.133. The van der Waals surface area contributed by atoms with E-state index in [2.05, 4.69) is 5.32 Å². The van der Waals surface area contributed by atoms with Crippen LogP contribution in [0.5, 0.6) is 11.5 Å². The summed E-state index contributed by atoms with van der Waals surface area (Å²) < 4.78 is 43.0. The molecule has 1 fully saturated rings. The average Bonchev–Trinajstić information content (AvgIpc) is 2.81. The summed E-state index contributed by atoms with van der Waals surface area (Å²) in [7, 11) is 2.35. The van der Waals surface area contributed by atoms with Crippen LogP contribution in [0.2, 0.25) is 0 Å². The maximum atomic E-state index is 13.2. The number of hydrogen-bond acceptors (Lipinski definition) is 8. The highest BCUT2D eigenvalue weighted by Crippen LogP contribution is 2.31. The molecule has 0 radical (unpaired) electrons. The Balaban J connectivity index is 1.88. The fourth-order valence-corrected chi connectivity index (χ4v) is 5.03. The number of piperazine rings is 1. The first-order valence-corrected chi connectivity index (χ1v) is 12.1. The van der Waals surface area contributed by atoms with Gasteiger partial charge in [-0.2, -0.15) is 4.31 Å². The van der Waals surface area contributed by atoms with Crippen LogP contribution in [-0.4, -0.2) is 115 Å². The number of amides is 2. The van der Waals surface area contributed by atoms with Crippen LogP contribution in [0.25, 0.3) is 0 Å². The summed E-state index contributed by atoms with van der Waals surface area (Å²) in [6.07, 6.45) is 0.722. The Morgan fingerprint density at radius 3 is 2.36 bits per heavy atom. The molecule has 0 unspecified atom stereocenters. The van der Waals surface area contributed by atoms with Crippen LogP contribution in [0.1, 0.15) is 6.42 Å². The summed E-state index contributed by atoms with van der Waals surface area (Å²) in [5.74, 6) is 0.329. The quantitative estimate of drug-likeness (QED) is 0.398. The zero-order chi connectivity index (χ0) is 24.4. The predicted octanol–water partition coefficient (Wildman–Crippen LogP) is -0.379. The van der Waals surface area contributed by atoms with Crippen molar-refractivity contribution < 1.29 is 32.2 Å². The van der Waals surface area contributed by atoms with Gasteiger partial charge in [0.25, 0.3) is 0 Å². The number of nitrogens with one attached hydrogen (secondary N) is 1. The molecule has 0 spiro atoms. The molecule has 1 saturated heterocycles. The predicted molar refractivity (Wildman–Crippen MR) is 122 cm³/mol. The summed E-state index contributed by atoms with van der Waals surface area (Å²) in [5.41, 5.74) is 0. The highest BCUT2D eigenvalue weighted by Gasteiger charge is 2.32. The maximum Gasteiger partial charge on any atom is 0.247 e. The Hall–Kier alpha value is -2.41. The molecule has 0 saturated carbocycles. The molecule has 1 aromatic rings. The summed E-state index contributed by atoms with van der Waals surface area (Å²) in [6.45, 7) is 2.12. The van der Waals surface area contributed by atoms with E-state index in [1.165, 1.54) is 24.6 Å². The number of sulfonamides is 1. The van der Waals surface area contributed by atoms with Crippen molar-refractivity contribution >= 4 is 21.8 Å². The Labute approximate surface area is 195 Å². The van der Waals surface area contributed by atoms with Gasteiger partial charge in [-0.15, -0.1) is 0 Å². The largest absolute Gasteiger partial charge is 0.497 e. The van der Waals surface area contributed by atoms with Gasteiger partial charge in [-0.25, -0.2) is 8.42 Å². The molecule has 0 bridgehead atoms. The zero-order valence-electron chi connectivity index (χ0n) is 19.7. The molecule has 1 heterocycles. The first kappa shape index (κ1) is 26.8. The number of nitrogens with zero attached hydrogens (tertiary/aromatic N) is 3. The maximum absolute atomic E-state index is 13.2. The molecule has 0 aliphatic carbocycles. The molecular formula is C21H34N4O7S. The number of ether oxygens (including phenoxy) is 3. The van der Waals surface area contributed by atoms with E-state index >= 15 is 0 Å². The van der Waals surface area contributed by atoms with Gasteiger partial charge in [0.05, 0.1) is 27.3 Å². The summed E-state index contributed by atoms with van der Waals surface area (Å²) in [4.78, 5) is 27.9. The Kier molecular flexibility index (Phi) is 10.4. The van der Waals surface area contributed by atoms with Crippen LogP contribution in [0.4, 0.5) is 0 Å². The van der Waals surface area contributed by atoms with E-state index in [9.17, 15) is 18.0 Å². The van der Waals surface area contributed by atoms with Gasteiger partial charge in [0.1, 0.15) is 16.4 Å². The number of methoxy groups -OCH3 is 3. The Morgan fingerprint density at radius 2 is 1.76 bits per heavy atom. The van der Waals surface area contributed by atoms with Crippen LogP contribution in [-0.2, 0) is 24.3 Å². The minimum atomic E-state index is -3.82. The van der Waals surface area contributed by atoms with Crippen molar-refractivity contribution in [2.45, 2.75) is 11.3 Å². The molecule has 1 N–H and O–H groups in total. The van der Waals surface area contributed by atoms with Crippen LogP contribution in [0.3, 0.4) is 0 Å². The minimum absolute atomic E-state index is 0.0281. The highest BCUT2D eigenvalue weighted by atomic mass is 32.2. The lowest BCUT2D eigenvalue weighted by Crippen LogP contribution is -2.52. The van der Waals surface area contributed by atoms with Gasteiger partial charge >= 0.3 is 0 Å². The minimum Gasteiger partial charge on any atom is -0.497 e. The first-order valence-electron chi connectivity index (χ1n) is 10.7. The molecule has 0 aromatic heterocycles. The second kappa shape index (κ2) is 12.7. The van der Waals surface area contributed by atoms with Crippen molar-refractivity contribution in [1.82, 2.24) is 19.4 Å². The normalized spacial score (nSPS) is 14.9. The standard InChI is InChI=1S/C21H34N4O7S/c1-23(15-20(26)22-8-5-13-30-2)16-21(27)24-9-11-25(12-10-24)33(28,29)19-14-17(31-3)6-7-18(19)32-4/h6-7,14H,5,8-13,15-16H2,1-4H3,(H,22,26). The van der Waals surface area contributed by atoms with Crippen molar-refractivity contribution in [1.29, 1.82) is 0 Å². The molecule has 1 aliphatic rings. The van der Waals surface area contributed by atoms with E-state index in [1.54, 1.807) is 36.1 Å². The van der Waals surface area contributed by atoms with E-state index in [0.717, 1.165) is 6.42 Å². The highest BCUT2D eigenvalue weighted by molar-refractivity contribution is 7.89.